The van der Waals surface area contributed by atoms with Gasteiger partial charge in [0.2, 0.25) is 11.8 Å². The SMILES string of the molecule is COc1ccccc1[C@@H]1C(C#N)=C(C(=C=N)C#N)N[C@@](O)(C2CC2)[C@H]1[n+]1ccc(C)cc1. The van der Waals surface area contributed by atoms with E-state index in [1.165, 1.54) is 0 Å². The summed E-state index contributed by atoms with van der Waals surface area (Å²) in [5.74, 6) is 2.02. The average Bonchev–Trinajstić information content (AvgIpc) is 3.66. The van der Waals surface area contributed by atoms with Crippen molar-refractivity contribution >= 4 is 5.87 Å². The van der Waals surface area contributed by atoms with Gasteiger partial charge in [-0.2, -0.15) is 15.1 Å². The Morgan fingerprint density at radius 1 is 1.22 bits per heavy atom. The van der Waals surface area contributed by atoms with Crippen LogP contribution in [-0.2, 0) is 0 Å². The number of methoxy groups -OCH3 is 1. The molecule has 7 heteroatoms. The smallest absolute Gasteiger partial charge is 0.217 e. The van der Waals surface area contributed by atoms with Crippen LogP contribution in [0.15, 0.2) is 65.6 Å². The van der Waals surface area contributed by atoms with Gasteiger partial charge in [0.1, 0.15) is 17.4 Å². The summed E-state index contributed by atoms with van der Waals surface area (Å²) in [5.41, 5.74) is 0.649. The van der Waals surface area contributed by atoms with Gasteiger partial charge >= 0.3 is 0 Å². The van der Waals surface area contributed by atoms with Gasteiger partial charge in [-0.05, 0) is 37.3 Å². The fraction of sp³-hybridized carbons (Fsp3) is 0.320. The molecule has 3 atom stereocenters. The fourth-order valence-corrected chi connectivity index (χ4v) is 4.59. The van der Waals surface area contributed by atoms with E-state index in [1.807, 2.05) is 66.4 Å². The van der Waals surface area contributed by atoms with Crippen LogP contribution in [0.2, 0.25) is 0 Å². The van der Waals surface area contributed by atoms with E-state index in [0.29, 0.717) is 5.75 Å². The summed E-state index contributed by atoms with van der Waals surface area (Å²) in [6, 6.07) is 14.9. The van der Waals surface area contributed by atoms with E-state index in [4.69, 9.17) is 10.1 Å². The Morgan fingerprint density at radius 2 is 1.91 bits per heavy atom. The number of allylic oxidation sites excluding steroid dienone is 2. The third-order valence-corrected chi connectivity index (χ3v) is 6.29. The zero-order chi connectivity index (χ0) is 22.9. The molecule has 1 saturated carbocycles. The number of ether oxygens (including phenoxy) is 1. The van der Waals surface area contributed by atoms with Gasteiger partial charge in [-0.3, -0.25) is 5.41 Å². The maximum absolute atomic E-state index is 12.1. The molecule has 4 rings (SSSR count). The predicted octanol–water partition coefficient (Wildman–Crippen LogP) is 2.79. The maximum atomic E-state index is 12.1. The Kier molecular flexibility index (Phi) is 5.55. The average molecular weight is 427 g/mol. The third-order valence-electron chi connectivity index (χ3n) is 6.29. The zero-order valence-corrected chi connectivity index (χ0v) is 18.0. The number of benzene rings is 1. The molecule has 7 nitrogen and oxygen atoms in total. The van der Waals surface area contributed by atoms with Crippen LogP contribution in [0.3, 0.4) is 0 Å². The molecule has 1 aliphatic carbocycles. The van der Waals surface area contributed by atoms with Crippen LogP contribution >= 0.6 is 0 Å². The van der Waals surface area contributed by atoms with Crippen LogP contribution in [0.1, 0.15) is 35.9 Å². The van der Waals surface area contributed by atoms with Crippen LogP contribution in [0.4, 0.5) is 0 Å². The first-order valence-electron chi connectivity index (χ1n) is 10.4. The molecule has 2 aliphatic rings. The Morgan fingerprint density at radius 3 is 2.47 bits per heavy atom. The quantitative estimate of drug-likeness (QED) is 0.386. The number of hydrogen-bond donors (Lipinski definition) is 3. The van der Waals surface area contributed by atoms with E-state index in [1.54, 1.807) is 7.11 Å². The lowest BCUT2D eigenvalue weighted by atomic mass is 9.73. The maximum Gasteiger partial charge on any atom is 0.217 e. The molecular formula is C25H24N5O2+. The number of nitrogens with zero attached hydrogens (tertiary/aromatic N) is 3. The molecule has 3 N–H and O–H groups in total. The van der Waals surface area contributed by atoms with E-state index >= 15 is 0 Å². The highest BCUT2D eigenvalue weighted by molar-refractivity contribution is 5.71. The highest BCUT2D eigenvalue weighted by Gasteiger charge is 2.61. The topological polar surface area (TPSA) is 117 Å². The van der Waals surface area contributed by atoms with E-state index in [2.05, 4.69) is 17.3 Å². The minimum Gasteiger partial charge on any atom is -0.496 e. The van der Waals surface area contributed by atoms with Gasteiger partial charge in [-0.1, -0.05) is 18.2 Å². The van der Waals surface area contributed by atoms with Crippen molar-refractivity contribution in [2.45, 2.75) is 37.5 Å². The lowest BCUT2D eigenvalue weighted by molar-refractivity contribution is -0.742. The Labute approximate surface area is 187 Å². The molecule has 0 radical (unpaired) electrons. The fourth-order valence-electron chi connectivity index (χ4n) is 4.59. The number of rotatable bonds is 5. The van der Waals surface area contributed by atoms with Crippen molar-refractivity contribution in [3.63, 3.8) is 0 Å². The van der Waals surface area contributed by atoms with Gasteiger partial charge in [0, 0.05) is 23.6 Å². The van der Waals surface area contributed by atoms with Gasteiger partial charge in [-0.15, -0.1) is 0 Å². The van der Waals surface area contributed by atoms with Crippen LogP contribution in [0.5, 0.6) is 5.75 Å². The second-order valence-corrected chi connectivity index (χ2v) is 8.22. The van der Waals surface area contributed by atoms with Crippen LogP contribution in [0.25, 0.3) is 0 Å². The summed E-state index contributed by atoms with van der Waals surface area (Å²) in [5, 5.41) is 42.6. The molecule has 0 spiro atoms. The molecule has 160 valence electrons. The summed E-state index contributed by atoms with van der Waals surface area (Å²) < 4.78 is 7.54. The van der Waals surface area contributed by atoms with Gasteiger partial charge in [0.25, 0.3) is 0 Å². The van der Waals surface area contributed by atoms with Crippen LogP contribution in [0, 0.1) is 40.9 Å². The Hall–Kier alpha value is -3.90. The summed E-state index contributed by atoms with van der Waals surface area (Å²) in [6.07, 6.45) is 5.43. The number of aliphatic hydroxyl groups is 1. The Balaban J connectivity index is 2.07. The second kappa shape index (κ2) is 8.32. The summed E-state index contributed by atoms with van der Waals surface area (Å²) in [4.78, 5) is 0. The first-order chi connectivity index (χ1) is 15.5. The van der Waals surface area contributed by atoms with Crippen molar-refractivity contribution in [3.8, 4) is 17.9 Å². The van der Waals surface area contributed by atoms with Gasteiger partial charge in [-0.25, -0.2) is 0 Å². The molecule has 1 aromatic carbocycles. The lowest BCUT2D eigenvalue weighted by Gasteiger charge is -2.43. The van der Waals surface area contributed by atoms with Crippen LogP contribution in [-0.4, -0.2) is 23.8 Å². The predicted molar refractivity (Wildman–Crippen MR) is 116 cm³/mol. The number of aryl methyl sites for hydroxylation is 1. The first kappa shape index (κ1) is 21.3. The van der Waals surface area contributed by atoms with Crippen molar-refractivity contribution < 1.29 is 14.4 Å². The molecule has 1 aromatic heterocycles. The largest absolute Gasteiger partial charge is 0.496 e. The summed E-state index contributed by atoms with van der Waals surface area (Å²) in [7, 11) is 1.57. The van der Waals surface area contributed by atoms with Gasteiger partial charge < -0.3 is 15.2 Å². The monoisotopic (exact) mass is 426 g/mol. The number of para-hydroxylation sites is 1. The summed E-state index contributed by atoms with van der Waals surface area (Å²) in [6.45, 7) is 1.99. The molecule has 1 fully saturated rings. The number of aromatic nitrogens is 1. The first-order valence-corrected chi connectivity index (χ1v) is 10.4. The normalized spacial score (nSPS) is 24.5. The molecule has 0 bridgehead atoms. The van der Waals surface area contributed by atoms with Gasteiger partial charge in [0.15, 0.2) is 12.4 Å². The number of nitriles is 2. The molecule has 2 aromatic rings. The highest BCUT2D eigenvalue weighted by Crippen LogP contribution is 2.53. The van der Waals surface area contributed by atoms with Gasteiger partial charge in [0.05, 0.1) is 30.4 Å². The molecule has 0 amide bonds. The molecule has 0 unspecified atom stereocenters. The molecule has 1 aliphatic heterocycles. The van der Waals surface area contributed by atoms with Crippen molar-refractivity contribution in [2.24, 2.45) is 5.92 Å². The van der Waals surface area contributed by atoms with Crippen molar-refractivity contribution in [1.82, 2.24) is 5.32 Å². The van der Waals surface area contributed by atoms with Crippen LogP contribution < -0.4 is 14.6 Å². The standard InChI is InChI=1S/C25H24N5O2/c1-16-9-11-30(12-10-16)24-22(19-5-3-4-6-21(19)32-2)20(15-28)23(17(13-26)14-27)29-25(24,31)18-7-8-18/h3-6,9-12,18,22,24,26,29,31H,7-8H2,1-2H3/q+1/t22-,24+,25-/m1/s1. The third kappa shape index (κ3) is 3.44. The molecule has 0 saturated heterocycles. The Bertz CT molecular complexity index is 1210. The minimum atomic E-state index is -1.44. The number of nitrogens with one attached hydrogen (secondary N) is 2. The lowest BCUT2D eigenvalue weighted by Crippen LogP contribution is -2.66. The van der Waals surface area contributed by atoms with E-state index in [9.17, 15) is 15.6 Å². The molecule has 2 heterocycles. The number of hydrogen-bond acceptors (Lipinski definition) is 6. The number of pyridine rings is 1. The highest BCUT2D eigenvalue weighted by atomic mass is 16.5. The minimum absolute atomic E-state index is 0.0700. The zero-order valence-electron chi connectivity index (χ0n) is 18.0. The molecule has 32 heavy (non-hydrogen) atoms. The second-order valence-electron chi connectivity index (χ2n) is 8.22. The molecular weight excluding hydrogens is 402 g/mol. The van der Waals surface area contributed by atoms with Crippen molar-refractivity contribution in [3.05, 3.63) is 76.8 Å². The summed E-state index contributed by atoms with van der Waals surface area (Å²) >= 11 is 0. The van der Waals surface area contributed by atoms with E-state index < -0.39 is 17.7 Å². The van der Waals surface area contributed by atoms with Crippen molar-refractivity contribution in [2.75, 3.05) is 7.11 Å². The van der Waals surface area contributed by atoms with Crippen molar-refractivity contribution in [1.29, 1.82) is 15.9 Å². The van der Waals surface area contributed by atoms with E-state index in [0.717, 1.165) is 24.0 Å². The van der Waals surface area contributed by atoms with E-state index in [-0.39, 0.29) is 22.8 Å².